The largest absolute Gasteiger partial charge is 0.464 e. The minimum atomic E-state index is 0. The van der Waals surface area contributed by atoms with Crippen molar-refractivity contribution < 1.29 is 4.42 Å². The van der Waals surface area contributed by atoms with Gasteiger partial charge in [0.25, 0.3) is 0 Å². The first-order valence-corrected chi connectivity index (χ1v) is 6.24. The topological polar surface area (TPSA) is 28.4 Å². The van der Waals surface area contributed by atoms with Crippen LogP contribution >= 0.6 is 12.4 Å². The Morgan fingerprint density at radius 2 is 2.22 bits per heavy atom. The molecule has 2 heterocycles. The minimum absolute atomic E-state index is 0. The quantitative estimate of drug-likeness (QED) is 0.906. The first kappa shape index (κ1) is 13.4. The molecule has 3 nitrogen and oxygen atoms in total. The van der Waals surface area contributed by atoms with Gasteiger partial charge in [-0.15, -0.1) is 12.4 Å². The summed E-state index contributed by atoms with van der Waals surface area (Å²) in [4.78, 5) is 2.48. The zero-order chi connectivity index (χ0) is 11.7. The molecule has 4 heteroatoms. The van der Waals surface area contributed by atoms with Gasteiger partial charge in [0, 0.05) is 43.2 Å². The lowest BCUT2D eigenvalue weighted by Crippen LogP contribution is -2.48. The van der Waals surface area contributed by atoms with Crippen molar-refractivity contribution in [3.05, 3.63) is 36.1 Å². The maximum atomic E-state index is 5.58. The van der Waals surface area contributed by atoms with E-state index in [1.54, 1.807) is 0 Å². The van der Waals surface area contributed by atoms with Crippen molar-refractivity contribution in [3.63, 3.8) is 0 Å². The molecule has 0 bridgehead atoms. The van der Waals surface area contributed by atoms with Crippen molar-refractivity contribution in [2.45, 2.75) is 19.5 Å². The summed E-state index contributed by atoms with van der Waals surface area (Å²) in [6.45, 7) is 6.53. The maximum absolute atomic E-state index is 5.58. The molecule has 3 rings (SSSR count). The Morgan fingerprint density at radius 3 is 3.06 bits per heavy atom. The standard InChI is InChI=1S/C14H18N2O.ClH/c1-11-8-16(7-6-15-11)9-12-10-17-14-5-3-2-4-13(12)14;/h2-5,10-11,15H,6-9H2,1H3;1H/t11-;/m0./s1. The summed E-state index contributed by atoms with van der Waals surface area (Å²) < 4.78 is 5.58. The second kappa shape index (κ2) is 5.74. The zero-order valence-corrected chi connectivity index (χ0v) is 11.4. The van der Waals surface area contributed by atoms with E-state index in [9.17, 15) is 0 Å². The fraction of sp³-hybridized carbons (Fsp3) is 0.429. The smallest absolute Gasteiger partial charge is 0.134 e. The molecule has 0 amide bonds. The highest BCUT2D eigenvalue weighted by Gasteiger charge is 2.17. The van der Waals surface area contributed by atoms with Crippen molar-refractivity contribution >= 4 is 23.4 Å². The van der Waals surface area contributed by atoms with E-state index in [0.29, 0.717) is 6.04 Å². The van der Waals surface area contributed by atoms with Crippen LogP contribution in [0, 0.1) is 0 Å². The Balaban J connectivity index is 0.00000120. The van der Waals surface area contributed by atoms with Crippen molar-refractivity contribution in [3.8, 4) is 0 Å². The normalized spacial score (nSPS) is 20.8. The molecule has 1 fully saturated rings. The first-order chi connectivity index (χ1) is 8.33. The van der Waals surface area contributed by atoms with E-state index < -0.39 is 0 Å². The molecule has 98 valence electrons. The van der Waals surface area contributed by atoms with Crippen LogP contribution in [0.1, 0.15) is 12.5 Å². The van der Waals surface area contributed by atoms with Gasteiger partial charge in [-0.05, 0) is 13.0 Å². The molecule has 18 heavy (non-hydrogen) atoms. The summed E-state index contributed by atoms with van der Waals surface area (Å²) >= 11 is 0. The molecule has 2 aromatic rings. The van der Waals surface area contributed by atoms with Gasteiger partial charge >= 0.3 is 0 Å². The Hall–Kier alpha value is -1.03. The van der Waals surface area contributed by atoms with E-state index in [2.05, 4.69) is 29.3 Å². The van der Waals surface area contributed by atoms with Crippen LogP contribution in [0.15, 0.2) is 34.9 Å². The van der Waals surface area contributed by atoms with Gasteiger partial charge in [-0.25, -0.2) is 0 Å². The van der Waals surface area contributed by atoms with Gasteiger partial charge < -0.3 is 9.73 Å². The highest BCUT2D eigenvalue weighted by molar-refractivity contribution is 5.85. The fourth-order valence-electron chi connectivity index (χ4n) is 2.55. The van der Waals surface area contributed by atoms with Crippen molar-refractivity contribution in [1.82, 2.24) is 10.2 Å². The number of rotatable bonds is 2. The highest BCUT2D eigenvalue weighted by Crippen LogP contribution is 2.22. The predicted molar refractivity (Wildman–Crippen MR) is 76.2 cm³/mol. The lowest BCUT2D eigenvalue weighted by molar-refractivity contribution is 0.200. The van der Waals surface area contributed by atoms with E-state index in [4.69, 9.17) is 4.42 Å². The molecule has 0 aliphatic carbocycles. The van der Waals surface area contributed by atoms with Crippen LogP contribution in [0.5, 0.6) is 0 Å². The maximum Gasteiger partial charge on any atom is 0.134 e. The van der Waals surface area contributed by atoms with Crippen LogP contribution in [-0.2, 0) is 6.54 Å². The third-order valence-corrected chi connectivity index (χ3v) is 3.41. The average Bonchev–Trinajstić information content (AvgIpc) is 2.73. The number of benzene rings is 1. The number of piperazine rings is 1. The molecule has 1 N–H and O–H groups in total. The third kappa shape index (κ3) is 2.69. The van der Waals surface area contributed by atoms with Crippen LogP contribution in [0.4, 0.5) is 0 Å². The summed E-state index contributed by atoms with van der Waals surface area (Å²) in [6.07, 6.45) is 1.90. The molecular weight excluding hydrogens is 248 g/mol. The Labute approximate surface area is 114 Å². The summed E-state index contributed by atoms with van der Waals surface area (Å²) in [6, 6.07) is 8.84. The number of hydrogen-bond acceptors (Lipinski definition) is 3. The van der Waals surface area contributed by atoms with E-state index >= 15 is 0 Å². The third-order valence-electron chi connectivity index (χ3n) is 3.41. The molecule has 0 spiro atoms. The summed E-state index contributed by atoms with van der Waals surface area (Å²) in [7, 11) is 0. The van der Waals surface area contributed by atoms with Gasteiger partial charge in [0.15, 0.2) is 0 Å². The summed E-state index contributed by atoms with van der Waals surface area (Å²) in [5.74, 6) is 0. The Bertz CT molecular complexity index is 511. The molecule has 1 atom stereocenters. The SMILES string of the molecule is C[C@H]1CN(Cc2coc3ccccc23)CCN1.Cl. The van der Waals surface area contributed by atoms with Crippen LogP contribution in [-0.4, -0.2) is 30.6 Å². The number of para-hydroxylation sites is 1. The van der Waals surface area contributed by atoms with Gasteiger partial charge in [-0.1, -0.05) is 18.2 Å². The average molecular weight is 267 g/mol. The molecule has 1 aromatic carbocycles. The van der Waals surface area contributed by atoms with E-state index in [-0.39, 0.29) is 12.4 Å². The molecule has 0 saturated carbocycles. The highest BCUT2D eigenvalue weighted by atomic mass is 35.5. The van der Waals surface area contributed by atoms with Crippen molar-refractivity contribution in [2.24, 2.45) is 0 Å². The zero-order valence-electron chi connectivity index (χ0n) is 10.6. The number of halogens is 1. The number of furan rings is 1. The van der Waals surface area contributed by atoms with Crippen LogP contribution in [0.25, 0.3) is 11.0 Å². The molecular formula is C14H19ClN2O. The molecule has 0 unspecified atom stereocenters. The predicted octanol–water partition coefficient (Wildman–Crippen LogP) is 2.65. The van der Waals surface area contributed by atoms with Gasteiger partial charge in [0.05, 0.1) is 6.26 Å². The number of fused-ring (bicyclic) bond motifs is 1. The van der Waals surface area contributed by atoms with Gasteiger partial charge in [0.1, 0.15) is 5.58 Å². The van der Waals surface area contributed by atoms with Gasteiger partial charge in [-0.2, -0.15) is 0 Å². The second-order valence-corrected chi connectivity index (χ2v) is 4.85. The van der Waals surface area contributed by atoms with Crippen LogP contribution in [0.2, 0.25) is 0 Å². The summed E-state index contributed by atoms with van der Waals surface area (Å²) in [5.41, 5.74) is 2.29. The lowest BCUT2D eigenvalue weighted by atomic mass is 10.1. The lowest BCUT2D eigenvalue weighted by Gasteiger charge is -2.31. The van der Waals surface area contributed by atoms with Crippen molar-refractivity contribution in [2.75, 3.05) is 19.6 Å². The Morgan fingerprint density at radius 1 is 1.39 bits per heavy atom. The van der Waals surface area contributed by atoms with Crippen LogP contribution in [0.3, 0.4) is 0 Å². The summed E-state index contributed by atoms with van der Waals surface area (Å²) in [5, 5.41) is 4.71. The Kier molecular flexibility index (Phi) is 4.27. The van der Waals surface area contributed by atoms with Gasteiger partial charge in [0.2, 0.25) is 0 Å². The number of nitrogens with one attached hydrogen (secondary N) is 1. The second-order valence-electron chi connectivity index (χ2n) is 4.85. The van der Waals surface area contributed by atoms with Crippen molar-refractivity contribution in [1.29, 1.82) is 0 Å². The molecule has 0 radical (unpaired) electrons. The molecule has 1 aliphatic heterocycles. The van der Waals surface area contributed by atoms with E-state index in [1.807, 2.05) is 18.4 Å². The molecule has 1 aromatic heterocycles. The fourth-order valence-corrected chi connectivity index (χ4v) is 2.55. The molecule has 1 saturated heterocycles. The van der Waals surface area contributed by atoms with E-state index in [0.717, 1.165) is 31.8 Å². The molecule has 1 aliphatic rings. The van der Waals surface area contributed by atoms with Gasteiger partial charge in [-0.3, -0.25) is 4.90 Å². The van der Waals surface area contributed by atoms with Crippen LogP contribution < -0.4 is 5.32 Å². The number of hydrogen-bond donors (Lipinski definition) is 1. The monoisotopic (exact) mass is 266 g/mol. The number of nitrogens with zero attached hydrogens (tertiary/aromatic N) is 1. The minimum Gasteiger partial charge on any atom is -0.464 e. The first-order valence-electron chi connectivity index (χ1n) is 6.24. The van der Waals surface area contributed by atoms with E-state index in [1.165, 1.54) is 10.9 Å².